The van der Waals surface area contributed by atoms with Crippen molar-refractivity contribution in [3.63, 3.8) is 0 Å². The zero-order valence-electron chi connectivity index (χ0n) is 21.0. The number of aryl methyl sites for hydroxylation is 1. The molecule has 1 unspecified atom stereocenters. The van der Waals surface area contributed by atoms with Crippen molar-refractivity contribution in [3.8, 4) is 6.07 Å². The van der Waals surface area contributed by atoms with E-state index in [0.29, 0.717) is 12.2 Å². The average Bonchev–Trinajstić information content (AvgIpc) is 2.77. The molecule has 0 aliphatic carbocycles. The topological polar surface area (TPSA) is 40.9 Å². The molecule has 29 heavy (non-hydrogen) atoms. The Morgan fingerprint density at radius 2 is 1.52 bits per heavy atom. The van der Waals surface area contributed by atoms with Crippen LogP contribution in [0.15, 0.2) is 24.3 Å². The third kappa shape index (κ3) is 22.5. The Labute approximate surface area is 183 Å². The van der Waals surface area contributed by atoms with Gasteiger partial charge in [-0.3, -0.25) is 4.79 Å². The van der Waals surface area contributed by atoms with E-state index < -0.39 is 0 Å². The Bertz CT molecular complexity index is 508. The number of carbonyl (C=O) groups is 1. The molecular formula is C27H49NO. The molecule has 1 aromatic carbocycles. The number of rotatable bonds is 9. The lowest BCUT2D eigenvalue weighted by Gasteiger charge is -2.08. The summed E-state index contributed by atoms with van der Waals surface area (Å²) in [5.41, 5.74) is 1.86. The molecule has 0 aromatic heterocycles. The molecule has 0 radical (unpaired) electrons. The largest absolute Gasteiger partial charge is 0.299 e. The predicted molar refractivity (Wildman–Crippen MR) is 130 cm³/mol. The normalized spacial score (nSPS) is 10.2. The van der Waals surface area contributed by atoms with E-state index in [9.17, 15) is 4.79 Å². The molecular weight excluding hydrogens is 354 g/mol. The van der Waals surface area contributed by atoms with Crippen LogP contribution in [0.5, 0.6) is 0 Å². The average molecular weight is 404 g/mol. The number of unbranched alkanes of at least 4 members (excludes halogenated alkanes) is 2. The van der Waals surface area contributed by atoms with E-state index >= 15 is 0 Å². The third-order valence-corrected chi connectivity index (χ3v) is 4.76. The Balaban J connectivity index is -0.000000336. The van der Waals surface area contributed by atoms with Gasteiger partial charge in [-0.15, -0.1) is 0 Å². The first-order valence-electron chi connectivity index (χ1n) is 11.8. The van der Waals surface area contributed by atoms with Crippen molar-refractivity contribution in [2.75, 3.05) is 0 Å². The van der Waals surface area contributed by atoms with Crippen molar-refractivity contribution < 1.29 is 4.79 Å². The number of ketones is 1. The van der Waals surface area contributed by atoms with Crippen LogP contribution in [0, 0.1) is 30.1 Å². The molecule has 2 nitrogen and oxygen atoms in total. The highest BCUT2D eigenvalue weighted by molar-refractivity contribution is 5.80. The highest BCUT2D eigenvalue weighted by Crippen LogP contribution is 2.14. The fourth-order valence-corrected chi connectivity index (χ4v) is 2.54. The van der Waals surface area contributed by atoms with Crippen LogP contribution < -0.4 is 0 Å². The van der Waals surface area contributed by atoms with Crippen molar-refractivity contribution in [2.45, 2.75) is 114 Å². The fourth-order valence-electron chi connectivity index (χ4n) is 2.54. The number of nitrogens with zero attached hydrogens (tertiary/aromatic N) is 1. The number of nitriles is 1. The van der Waals surface area contributed by atoms with Gasteiger partial charge in [-0.25, -0.2) is 0 Å². The summed E-state index contributed by atoms with van der Waals surface area (Å²) in [4.78, 5) is 10.7. The first kappa shape index (κ1) is 32.1. The number of carbonyl (C=O) groups excluding carboxylic acids is 1. The Hall–Kier alpha value is -1.62. The summed E-state index contributed by atoms with van der Waals surface area (Å²) < 4.78 is 0. The monoisotopic (exact) mass is 403 g/mol. The van der Waals surface area contributed by atoms with E-state index in [1.807, 2.05) is 59.7 Å². The third-order valence-electron chi connectivity index (χ3n) is 4.76. The summed E-state index contributed by atoms with van der Waals surface area (Å²) in [5, 5.41) is 8.41. The molecule has 0 aliphatic rings. The lowest BCUT2D eigenvalue weighted by Crippen LogP contribution is -2.06. The quantitative estimate of drug-likeness (QED) is 0.413. The summed E-state index contributed by atoms with van der Waals surface area (Å²) in [7, 11) is 0. The summed E-state index contributed by atoms with van der Waals surface area (Å²) in [6.07, 6.45) is 10.1. The molecule has 1 atom stereocenters. The van der Waals surface area contributed by atoms with E-state index in [2.05, 4.69) is 26.8 Å². The van der Waals surface area contributed by atoms with Crippen LogP contribution in [0.2, 0.25) is 0 Å². The highest BCUT2D eigenvalue weighted by atomic mass is 16.1. The van der Waals surface area contributed by atoms with Gasteiger partial charge in [-0.2, -0.15) is 5.26 Å². The van der Waals surface area contributed by atoms with E-state index in [0.717, 1.165) is 23.5 Å². The Morgan fingerprint density at radius 1 is 1.00 bits per heavy atom. The Kier molecular flexibility index (Phi) is 27.0. The van der Waals surface area contributed by atoms with Crippen LogP contribution in [-0.2, 0) is 4.79 Å². The van der Waals surface area contributed by atoms with Crippen molar-refractivity contribution in [1.29, 1.82) is 5.26 Å². The fraction of sp³-hybridized carbons (Fsp3) is 0.704. The second kappa shape index (κ2) is 24.4. The van der Waals surface area contributed by atoms with Crippen LogP contribution >= 0.6 is 0 Å². The van der Waals surface area contributed by atoms with E-state index in [1.54, 1.807) is 6.07 Å². The molecule has 2 heteroatoms. The van der Waals surface area contributed by atoms with Gasteiger partial charge in [-0.05, 0) is 37.0 Å². The maximum Gasteiger partial charge on any atom is 0.135 e. The predicted octanol–water partition coefficient (Wildman–Crippen LogP) is 8.91. The van der Waals surface area contributed by atoms with Gasteiger partial charge in [0.2, 0.25) is 0 Å². The van der Waals surface area contributed by atoms with Gasteiger partial charge in [0.1, 0.15) is 5.78 Å². The second-order valence-corrected chi connectivity index (χ2v) is 7.50. The van der Waals surface area contributed by atoms with Crippen LogP contribution in [0.4, 0.5) is 0 Å². The number of hydrogen-bond donors (Lipinski definition) is 0. The van der Waals surface area contributed by atoms with Crippen molar-refractivity contribution in [1.82, 2.24) is 0 Å². The second-order valence-electron chi connectivity index (χ2n) is 7.50. The summed E-state index contributed by atoms with van der Waals surface area (Å²) in [6.45, 7) is 18.8. The molecule has 0 N–H and O–H groups in total. The molecule has 168 valence electrons. The van der Waals surface area contributed by atoms with Crippen LogP contribution in [-0.4, -0.2) is 5.78 Å². The summed E-state index contributed by atoms with van der Waals surface area (Å²) in [5.74, 6) is 1.63. The minimum absolute atomic E-state index is 0.278. The Morgan fingerprint density at radius 3 is 1.79 bits per heavy atom. The molecule has 0 amide bonds. The highest BCUT2D eigenvalue weighted by Gasteiger charge is 2.05. The smallest absolute Gasteiger partial charge is 0.135 e. The van der Waals surface area contributed by atoms with E-state index in [4.69, 9.17) is 5.26 Å². The van der Waals surface area contributed by atoms with Gasteiger partial charge in [0.15, 0.2) is 0 Å². The lowest BCUT2D eigenvalue weighted by molar-refractivity contribution is -0.122. The summed E-state index contributed by atoms with van der Waals surface area (Å²) in [6, 6.07) is 9.58. The van der Waals surface area contributed by atoms with Crippen LogP contribution in [0.25, 0.3) is 0 Å². The maximum absolute atomic E-state index is 10.7. The van der Waals surface area contributed by atoms with Gasteiger partial charge >= 0.3 is 0 Å². The van der Waals surface area contributed by atoms with Crippen LogP contribution in [0.1, 0.15) is 118 Å². The van der Waals surface area contributed by atoms with Crippen molar-refractivity contribution in [3.05, 3.63) is 35.4 Å². The van der Waals surface area contributed by atoms with Crippen LogP contribution in [0.3, 0.4) is 0 Å². The van der Waals surface area contributed by atoms with Gasteiger partial charge in [0.05, 0.1) is 11.6 Å². The van der Waals surface area contributed by atoms with Crippen molar-refractivity contribution >= 4 is 5.78 Å². The molecule has 0 saturated carbocycles. The first-order valence-corrected chi connectivity index (χ1v) is 11.8. The lowest BCUT2D eigenvalue weighted by atomic mass is 9.98. The molecule has 0 heterocycles. The van der Waals surface area contributed by atoms with E-state index in [1.165, 1.54) is 38.5 Å². The molecule has 1 aromatic rings. The number of benzene rings is 1. The van der Waals surface area contributed by atoms with Crippen molar-refractivity contribution in [2.24, 2.45) is 11.8 Å². The summed E-state index contributed by atoms with van der Waals surface area (Å²) >= 11 is 0. The zero-order valence-corrected chi connectivity index (χ0v) is 21.0. The van der Waals surface area contributed by atoms with Gasteiger partial charge in [0, 0.05) is 12.3 Å². The first-order chi connectivity index (χ1) is 13.9. The van der Waals surface area contributed by atoms with Gasteiger partial charge < -0.3 is 0 Å². The molecule has 0 saturated heterocycles. The standard InChI is InChI=1S/C10H22.C8H7N.C7H14O.C2H6/c1-4-6-8-10(3)9-7-5-2;1-7-3-2-4-8(5-7)6-9;1-4-6(3)7(8)5-2;1-2/h10H,4-9H2,1-3H3;2-5H,1H3;6H,4-5H2,1-3H3;1-2H3. The molecule has 0 fully saturated rings. The minimum Gasteiger partial charge on any atom is -0.299 e. The van der Waals surface area contributed by atoms with E-state index in [-0.39, 0.29) is 5.92 Å². The number of hydrogen-bond acceptors (Lipinski definition) is 2. The molecule has 1 rings (SSSR count). The number of Topliss-reactive ketones (excluding diaryl/α,β-unsaturated/α-hetero) is 1. The molecule has 0 aliphatic heterocycles. The maximum atomic E-state index is 10.7. The minimum atomic E-state index is 0.278. The SMILES string of the molecule is CC.CCC(=O)C(C)CC.CCCCC(C)CCCC.Cc1cccc(C#N)c1. The molecule has 0 spiro atoms. The van der Waals surface area contributed by atoms with Gasteiger partial charge in [0.25, 0.3) is 0 Å². The zero-order chi connectivity index (χ0) is 23.1. The van der Waals surface area contributed by atoms with Gasteiger partial charge in [-0.1, -0.05) is 106 Å². The molecule has 0 bridgehead atoms.